The maximum Gasteiger partial charge on any atom is 0.323 e. The van der Waals surface area contributed by atoms with Crippen LogP contribution in [0, 0.1) is 5.82 Å². The maximum absolute atomic E-state index is 13.9. The Morgan fingerprint density at radius 1 is 1.48 bits per heavy atom. The Labute approximate surface area is 119 Å². The van der Waals surface area contributed by atoms with Crippen molar-refractivity contribution in [1.29, 1.82) is 0 Å². The second-order valence-corrected chi connectivity index (χ2v) is 6.14. The molecule has 2 aromatic rings. The van der Waals surface area contributed by atoms with E-state index in [0.717, 1.165) is 13.0 Å². The summed E-state index contributed by atoms with van der Waals surface area (Å²) < 4.78 is 40.6. The standard InChI is InChI=1S/C11H11FN4O4S/c1-7(11(17)18)21(19,20)15-8-2-3-10(9(12)4-8)16-6-13-5-14-16/h2-7,15H,1H3,(H,17,18). The molecule has 0 fully saturated rings. The molecule has 0 aliphatic rings. The number of aromatic nitrogens is 3. The first-order valence-electron chi connectivity index (χ1n) is 5.70. The molecule has 0 spiro atoms. The first-order valence-corrected chi connectivity index (χ1v) is 7.25. The van der Waals surface area contributed by atoms with E-state index in [9.17, 15) is 17.6 Å². The van der Waals surface area contributed by atoms with Gasteiger partial charge in [0.1, 0.15) is 18.3 Å². The number of hydrogen-bond acceptors (Lipinski definition) is 5. The number of benzene rings is 1. The number of anilines is 1. The van der Waals surface area contributed by atoms with Gasteiger partial charge in [-0.1, -0.05) is 0 Å². The van der Waals surface area contributed by atoms with Crippen molar-refractivity contribution in [3.8, 4) is 5.69 Å². The molecule has 1 atom stereocenters. The Kier molecular flexibility index (Phi) is 3.89. The van der Waals surface area contributed by atoms with Gasteiger partial charge >= 0.3 is 5.97 Å². The molecule has 2 rings (SSSR count). The Morgan fingerprint density at radius 2 is 2.19 bits per heavy atom. The molecule has 0 radical (unpaired) electrons. The average molecular weight is 314 g/mol. The highest BCUT2D eigenvalue weighted by molar-refractivity contribution is 7.94. The van der Waals surface area contributed by atoms with Crippen LogP contribution in [0.3, 0.4) is 0 Å². The van der Waals surface area contributed by atoms with Crippen molar-refractivity contribution < 1.29 is 22.7 Å². The Bertz CT molecular complexity index is 761. The SMILES string of the molecule is CC(C(=O)O)S(=O)(=O)Nc1ccc(-n2cncn2)c(F)c1. The monoisotopic (exact) mass is 314 g/mol. The van der Waals surface area contributed by atoms with Gasteiger partial charge in [0.2, 0.25) is 10.0 Å². The number of carbonyl (C=O) groups is 1. The fraction of sp³-hybridized carbons (Fsp3) is 0.182. The van der Waals surface area contributed by atoms with Gasteiger partial charge in [-0.25, -0.2) is 22.5 Å². The van der Waals surface area contributed by atoms with Crippen LogP contribution >= 0.6 is 0 Å². The van der Waals surface area contributed by atoms with Gasteiger partial charge in [0.15, 0.2) is 11.1 Å². The van der Waals surface area contributed by atoms with E-state index >= 15 is 0 Å². The van der Waals surface area contributed by atoms with E-state index in [2.05, 4.69) is 10.1 Å². The number of nitrogens with one attached hydrogen (secondary N) is 1. The number of hydrogen-bond donors (Lipinski definition) is 2. The van der Waals surface area contributed by atoms with Crippen LogP contribution in [0.15, 0.2) is 30.9 Å². The van der Waals surface area contributed by atoms with Crippen LogP contribution in [0.5, 0.6) is 0 Å². The summed E-state index contributed by atoms with van der Waals surface area (Å²) in [5.41, 5.74) is 0.00574. The lowest BCUT2D eigenvalue weighted by Gasteiger charge is -2.12. The van der Waals surface area contributed by atoms with E-state index in [4.69, 9.17) is 5.11 Å². The minimum absolute atomic E-state index is 0.0792. The molecule has 1 aromatic carbocycles. The number of carboxylic acids is 1. The quantitative estimate of drug-likeness (QED) is 0.836. The van der Waals surface area contributed by atoms with Crippen LogP contribution in [0.2, 0.25) is 0 Å². The highest BCUT2D eigenvalue weighted by Crippen LogP contribution is 2.19. The Hall–Kier alpha value is -2.49. The number of sulfonamides is 1. The normalized spacial score (nSPS) is 12.9. The van der Waals surface area contributed by atoms with Gasteiger partial charge in [0, 0.05) is 6.07 Å². The van der Waals surface area contributed by atoms with Crippen molar-refractivity contribution in [2.75, 3.05) is 4.72 Å². The third-order valence-electron chi connectivity index (χ3n) is 2.69. The Balaban J connectivity index is 2.28. The zero-order valence-corrected chi connectivity index (χ0v) is 11.6. The van der Waals surface area contributed by atoms with Crippen LogP contribution in [0.25, 0.3) is 5.69 Å². The highest BCUT2D eigenvalue weighted by Gasteiger charge is 2.27. The van der Waals surface area contributed by atoms with Gasteiger partial charge in [0.05, 0.1) is 5.69 Å². The fourth-order valence-electron chi connectivity index (χ4n) is 1.47. The zero-order valence-electron chi connectivity index (χ0n) is 10.8. The minimum atomic E-state index is -4.15. The lowest BCUT2D eigenvalue weighted by Crippen LogP contribution is -2.32. The molecule has 2 N–H and O–H groups in total. The van der Waals surface area contributed by atoms with Crippen molar-refractivity contribution >= 4 is 21.7 Å². The summed E-state index contributed by atoms with van der Waals surface area (Å²) in [5, 5.41) is 10.8. The van der Waals surface area contributed by atoms with E-state index in [-0.39, 0.29) is 11.4 Å². The van der Waals surface area contributed by atoms with Crippen molar-refractivity contribution in [2.24, 2.45) is 0 Å². The molecule has 1 unspecified atom stereocenters. The molecule has 0 saturated heterocycles. The van der Waals surface area contributed by atoms with Gasteiger partial charge in [-0.3, -0.25) is 9.52 Å². The van der Waals surface area contributed by atoms with E-state index in [1.165, 1.54) is 29.5 Å². The van der Waals surface area contributed by atoms with Crippen LogP contribution < -0.4 is 4.72 Å². The van der Waals surface area contributed by atoms with E-state index in [1.54, 1.807) is 0 Å². The van der Waals surface area contributed by atoms with E-state index < -0.39 is 27.1 Å². The molecule has 21 heavy (non-hydrogen) atoms. The predicted molar refractivity (Wildman–Crippen MR) is 71.0 cm³/mol. The van der Waals surface area contributed by atoms with Gasteiger partial charge in [-0.15, -0.1) is 0 Å². The highest BCUT2D eigenvalue weighted by atomic mass is 32.2. The number of halogens is 1. The summed E-state index contributed by atoms with van der Waals surface area (Å²) in [6.45, 7) is 1.02. The third kappa shape index (κ3) is 3.16. The minimum Gasteiger partial charge on any atom is -0.480 e. The number of rotatable bonds is 5. The number of carboxylic acid groups (broad SMARTS) is 1. The zero-order chi connectivity index (χ0) is 15.6. The first-order chi connectivity index (χ1) is 9.81. The van der Waals surface area contributed by atoms with Crippen molar-refractivity contribution in [3.05, 3.63) is 36.7 Å². The van der Waals surface area contributed by atoms with Crippen molar-refractivity contribution in [3.63, 3.8) is 0 Å². The molecule has 1 aromatic heterocycles. The summed E-state index contributed by atoms with van der Waals surface area (Å²) >= 11 is 0. The van der Waals surface area contributed by atoms with Crippen LogP contribution in [0.4, 0.5) is 10.1 Å². The second-order valence-electron chi connectivity index (χ2n) is 4.13. The summed E-state index contributed by atoms with van der Waals surface area (Å²) in [5.74, 6) is -2.23. The van der Waals surface area contributed by atoms with Crippen molar-refractivity contribution in [1.82, 2.24) is 14.8 Å². The molecule has 0 saturated carbocycles. The molecule has 0 amide bonds. The van der Waals surface area contributed by atoms with Crippen LogP contribution in [-0.2, 0) is 14.8 Å². The predicted octanol–water partition coefficient (Wildman–Crippen LogP) is 0.621. The maximum atomic E-state index is 13.9. The fourth-order valence-corrected chi connectivity index (χ4v) is 2.37. The molecular weight excluding hydrogens is 303 g/mol. The Morgan fingerprint density at radius 3 is 2.71 bits per heavy atom. The molecule has 0 aliphatic carbocycles. The summed E-state index contributed by atoms with van der Waals surface area (Å²) in [4.78, 5) is 14.4. The third-order valence-corrected chi connectivity index (χ3v) is 4.34. The van der Waals surface area contributed by atoms with Gasteiger partial charge in [-0.05, 0) is 19.1 Å². The molecule has 0 bridgehead atoms. The van der Waals surface area contributed by atoms with Crippen LogP contribution in [0.1, 0.15) is 6.92 Å². The topological polar surface area (TPSA) is 114 Å². The lowest BCUT2D eigenvalue weighted by molar-refractivity contribution is -0.136. The van der Waals surface area contributed by atoms with Gasteiger partial charge in [0.25, 0.3) is 0 Å². The average Bonchev–Trinajstić information content (AvgIpc) is 2.91. The second kappa shape index (κ2) is 5.48. The molecule has 10 heteroatoms. The summed E-state index contributed by atoms with van der Waals surface area (Å²) in [7, 11) is -4.15. The molecular formula is C11H11FN4O4S. The molecule has 112 valence electrons. The van der Waals surface area contributed by atoms with E-state index in [1.807, 2.05) is 4.72 Å². The van der Waals surface area contributed by atoms with Crippen LogP contribution in [-0.4, -0.2) is 39.5 Å². The molecule has 0 aliphatic heterocycles. The largest absolute Gasteiger partial charge is 0.480 e. The first kappa shape index (κ1) is 14.9. The summed E-state index contributed by atoms with van der Waals surface area (Å²) in [6.07, 6.45) is 2.51. The van der Waals surface area contributed by atoms with Gasteiger partial charge in [-0.2, -0.15) is 5.10 Å². The number of aliphatic carboxylic acids is 1. The lowest BCUT2D eigenvalue weighted by atomic mass is 10.3. The number of nitrogens with zero attached hydrogens (tertiary/aromatic N) is 3. The smallest absolute Gasteiger partial charge is 0.323 e. The summed E-state index contributed by atoms with van der Waals surface area (Å²) in [6, 6.07) is 3.53. The van der Waals surface area contributed by atoms with E-state index in [0.29, 0.717) is 0 Å². The van der Waals surface area contributed by atoms with Gasteiger partial charge < -0.3 is 5.11 Å². The molecule has 1 heterocycles. The van der Waals surface area contributed by atoms with Crippen molar-refractivity contribution in [2.45, 2.75) is 12.2 Å². The molecule has 8 nitrogen and oxygen atoms in total.